The summed E-state index contributed by atoms with van der Waals surface area (Å²) in [6.07, 6.45) is 10.9. The molecule has 1 aliphatic rings. The fourth-order valence-corrected chi connectivity index (χ4v) is 3.35. The molecule has 1 atom stereocenters. The van der Waals surface area contributed by atoms with Crippen LogP contribution in [0.25, 0.3) is 0 Å². The van der Waals surface area contributed by atoms with Gasteiger partial charge >= 0.3 is 6.03 Å². The van der Waals surface area contributed by atoms with E-state index in [1.54, 1.807) is 6.21 Å². The van der Waals surface area contributed by atoms with E-state index in [2.05, 4.69) is 18.9 Å². The van der Waals surface area contributed by atoms with Crippen LogP contribution in [0.4, 0.5) is 4.79 Å². The minimum atomic E-state index is -0.458. The fraction of sp³-hybridized carbons (Fsp3) is 0.591. The van der Waals surface area contributed by atoms with Crippen molar-refractivity contribution in [1.29, 1.82) is 0 Å². The standard InChI is InChI=1S/C22H33N3O2/c1-3-5-7-12-16-20-21(26)24(17-13-8-6-4-2)22(27)25(20)23-18-19-14-10-9-11-15-19/h9-11,14-15,18,20H,3-8,12-13,16-17H2,1-2H3/b23-18+. The van der Waals surface area contributed by atoms with Crippen molar-refractivity contribution in [1.82, 2.24) is 9.91 Å². The van der Waals surface area contributed by atoms with Gasteiger partial charge in [-0.15, -0.1) is 0 Å². The zero-order valence-electron chi connectivity index (χ0n) is 16.8. The van der Waals surface area contributed by atoms with Crippen LogP contribution in [0.15, 0.2) is 35.4 Å². The lowest BCUT2D eigenvalue weighted by molar-refractivity contribution is -0.128. The third-order valence-electron chi connectivity index (χ3n) is 4.97. The van der Waals surface area contributed by atoms with Gasteiger partial charge in [-0.25, -0.2) is 9.80 Å². The molecule has 1 heterocycles. The predicted molar refractivity (Wildman–Crippen MR) is 110 cm³/mol. The van der Waals surface area contributed by atoms with Gasteiger partial charge in [0.05, 0.1) is 6.21 Å². The van der Waals surface area contributed by atoms with Crippen molar-refractivity contribution in [2.75, 3.05) is 6.54 Å². The summed E-state index contributed by atoms with van der Waals surface area (Å²) in [6.45, 7) is 4.82. The highest BCUT2D eigenvalue weighted by atomic mass is 16.2. The number of urea groups is 1. The minimum Gasteiger partial charge on any atom is -0.272 e. The van der Waals surface area contributed by atoms with Crippen molar-refractivity contribution in [2.45, 2.75) is 77.7 Å². The molecule has 1 fully saturated rings. The van der Waals surface area contributed by atoms with Crippen LogP contribution < -0.4 is 0 Å². The van der Waals surface area contributed by atoms with Crippen LogP contribution in [0.1, 0.15) is 77.2 Å². The molecule has 0 saturated carbocycles. The monoisotopic (exact) mass is 371 g/mol. The smallest absolute Gasteiger partial charge is 0.272 e. The van der Waals surface area contributed by atoms with E-state index in [4.69, 9.17) is 0 Å². The lowest BCUT2D eigenvalue weighted by atomic mass is 10.1. The first-order valence-corrected chi connectivity index (χ1v) is 10.4. The largest absolute Gasteiger partial charge is 0.347 e. The van der Waals surface area contributed by atoms with Crippen molar-refractivity contribution in [3.8, 4) is 0 Å². The van der Waals surface area contributed by atoms with Gasteiger partial charge in [-0.05, 0) is 18.4 Å². The van der Waals surface area contributed by atoms with E-state index in [1.165, 1.54) is 9.91 Å². The zero-order valence-corrected chi connectivity index (χ0v) is 16.8. The number of rotatable bonds is 12. The van der Waals surface area contributed by atoms with Crippen molar-refractivity contribution in [3.05, 3.63) is 35.9 Å². The molecule has 2 rings (SSSR count). The van der Waals surface area contributed by atoms with E-state index < -0.39 is 6.04 Å². The SMILES string of the molecule is CCCCCCC1C(=O)N(CCCCCC)C(=O)N1/N=C/c1ccccc1. The Morgan fingerprint density at radius 1 is 0.926 bits per heavy atom. The maximum Gasteiger partial charge on any atom is 0.347 e. The van der Waals surface area contributed by atoms with E-state index in [9.17, 15) is 9.59 Å². The molecule has 1 aliphatic heterocycles. The highest BCUT2D eigenvalue weighted by molar-refractivity contribution is 6.04. The van der Waals surface area contributed by atoms with Gasteiger partial charge in [-0.2, -0.15) is 5.10 Å². The normalized spacial score (nSPS) is 17.5. The Balaban J connectivity index is 2.06. The Morgan fingerprint density at radius 2 is 1.59 bits per heavy atom. The van der Waals surface area contributed by atoms with Crippen LogP contribution in [0.2, 0.25) is 0 Å². The Kier molecular flexibility index (Phi) is 9.02. The summed E-state index contributed by atoms with van der Waals surface area (Å²) < 4.78 is 0. The quantitative estimate of drug-likeness (QED) is 0.288. The summed E-state index contributed by atoms with van der Waals surface area (Å²) in [5.41, 5.74) is 0.920. The maximum atomic E-state index is 12.9. The van der Waals surface area contributed by atoms with Gasteiger partial charge in [0, 0.05) is 6.54 Å². The number of hydrogen-bond donors (Lipinski definition) is 0. The number of unbranched alkanes of at least 4 members (excludes halogenated alkanes) is 6. The molecule has 0 radical (unpaired) electrons. The van der Waals surface area contributed by atoms with Crippen LogP contribution in [0, 0.1) is 0 Å². The van der Waals surface area contributed by atoms with Crippen LogP contribution in [0.5, 0.6) is 0 Å². The van der Waals surface area contributed by atoms with E-state index in [-0.39, 0.29) is 11.9 Å². The molecule has 5 nitrogen and oxygen atoms in total. The molecular formula is C22H33N3O2. The minimum absolute atomic E-state index is 0.0850. The average Bonchev–Trinajstić information content (AvgIpc) is 2.91. The predicted octanol–water partition coefficient (Wildman–Crippen LogP) is 5.20. The number of imide groups is 1. The Bertz CT molecular complexity index is 615. The summed E-state index contributed by atoms with van der Waals surface area (Å²) in [5, 5.41) is 5.80. The van der Waals surface area contributed by atoms with Crippen molar-refractivity contribution in [3.63, 3.8) is 0 Å². The molecule has 0 N–H and O–H groups in total. The topological polar surface area (TPSA) is 53.0 Å². The number of carbonyl (C=O) groups excluding carboxylic acids is 2. The summed E-state index contributed by atoms with van der Waals surface area (Å²) in [5.74, 6) is -0.0850. The number of hydrazone groups is 1. The Hall–Kier alpha value is -2.17. The number of amides is 3. The molecule has 1 aromatic rings. The van der Waals surface area contributed by atoms with E-state index in [0.717, 1.165) is 56.9 Å². The first kappa shape index (κ1) is 21.1. The van der Waals surface area contributed by atoms with Crippen molar-refractivity contribution < 1.29 is 9.59 Å². The number of hydrogen-bond acceptors (Lipinski definition) is 3. The Labute approximate surface area is 163 Å². The Morgan fingerprint density at radius 3 is 2.26 bits per heavy atom. The van der Waals surface area contributed by atoms with E-state index in [0.29, 0.717) is 13.0 Å². The van der Waals surface area contributed by atoms with Gasteiger partial charge < -0.3 is 0 Å². The summed E-state index contributed by atoms with van der Waals surface area (Å²) in [6, 6.07) is 8.94. The summed E-state index contributed by atoms with van der Waals surface area (Å²) in [7, 11) is 0. The summed E-state index contributed by atoms with van der Waals surface area (Å²) >= 11 is 0. The molecule has 0 bridgehead atoms. The first-order valence-electron chi connectivity index (χ1n) is 10.4. The second-order valence-corrected chi connectivity index (χ2v) is 7.20. The van der Waals surface area contributed by atoms with Gasteiger partial charge in [0.2, 0.25) is 0 Å². The van der Waals surface area contributed by atoms with Gasteiger partial charge in [0.15, 0.2) is 0 Å². The van der Waals surface area contributed by atoms with Gasteiger partial charge in [-0.1, -0.05) is 89.1 Å². The van der Waals surface area contributed by atoms with Crippen LogP contribution in [-0.4, -0.2) is 40.6 Å². The van der Waals surface area contributed by atoms with E-state index in [1.807, 2.05) is 30.3 Å². The molecule has 0 aromatic heterocycles. The van der Waals surface area contributed by atoms with Gasteiger partial charge in [0.1, 0.15) is 6.04 Å². The average molecular weight is 372 g/mol. The zero-order chi connectivity index (χ0) is 19.5. The second-order valence-electron chi connectivity index (χ2n) is 7.20. The highest BCUT2D eigenvalue weighted by Gasteiger charge is 2.44. The molecule has 27 heavy (non-hydrogen) atoms. The molecule has 1 saturated heterocycles. The van der Waals surface area contributed by atoms with Crippen LogP contribution in [0.3, 0.4) is 0 Å². The lowest BCUT2D eigenvalue weighted by Gasteiger charge is -2.16. The van der Waals surface area contributed by atoms with Crippen molar-refractivity contribution in [2.24, 2.45) is 5.10 Å². The molecule has 1 unspecified atom stereocenters. The van der Waals surface area contributed by atoms with Gasteiger partial charge in [-0.3, -0.25) is 9.69 Å². The van der Waals surface area contributed by atoms with Crippen LogP contribution >= 0.6 is 0 Å². The molecule has 3 amide bonds. The lowest BCUT2D eigenvalue weighted by Crippen LogP contribution is -2.32. The van der Waals surface area contributed by atoms with E-state index >= 15 is 0 Å². The van der Waals surface area contributed by atoms with Crippen LogP contribution in [-0.2, 0) is 4.79 Å². The third kappa shape index (κ3) is 6.19. The molecule has 0 spiro atoms. The highest BCUT2D eigenvalue weighted by Crippen LogP contribution is 2.23. The number of benzene rings is 1. The molecule has 1 aromatic carbocycles. The molecule has 0 aliphatic carbocycles. The number of nitrogens with zero attached hydrogens (tertiary/aromatic N) is 3. The molecule has 5 heteroatoms. The third-order valence-corrected chi connectivity index (χ3v) is 4.97. The van der Waals surface area contributed by atoms with Gasteiger partial charge in [0.25, 0.3) is 5.91 Å². The second kappa shape index (κ2) is 11.5. The maximum absolute atomic E-state index is 12.9. The number of carbonyl (C=O) groups is 2. The fourth-order valence-electron chi connectivity index (χ4n) is 3.35. The molecule has 148 valence electrons. The van der Waals surface area contributed by atoms with Crippen molar-refractivity contribution >= 4 is 18.2 Å². The molecular weight excluding hydrogens is 338 g/mol. The summed E-state index contributed by atoms with van der Waals surface area (Å²) in [4.78, 5) is 27.1. The first-order chi connectivity index (χ1) is 13.2.